The highest BCUT2D eigenvalue weighted by molar-refractivity contribution is 6.07. The molecule has 0 saturated heterocycles. The molecule has 0 aliphatic carbocycles. The number of para-hydroxylation sites is 2. The Morgan fingerprint density at radius 3 is 2.55 bits per heavy atom. The first-order valence-corrected chi connectivity index (χ1v) is 7.58. The Kier molecular flexibility index (Phi) is 4.24. The van der Waals surface area contributed by atoms with Crippen molar-refractivity contribution in [2.45, 2.75) is 19.9 Å². The monoisotopic (exact) mass is 293 g/mol. The van der Waals surface area contributed by atoms with Crippen molar-refractivity contribution in [3.63, 3.8) is 0 Å². The first kappa shape index (κ1) is 14.4. The molecule has 2 aromatic carbocycles. The SMILES string of the molecule is CCC(=O)c1cn(CCOc2ccccc2)c2ccccc12. The van der Waals surface area contributed by atoms with Crippen LogP contribution in [0.4, 0.5) is 0 Å². The number of nitrogens with zero attached hydrogens (tertiary/aromatic N) is 1. The summed E-state index contributed by atoms with van der Waals surface area (Å²) in [7, 11) is 0. The molecule has 0 radical (unpaired) electrons. The number of hydrogen-bond donors (Lipinski definition) is 0. The van der Waals surface area contributed by atoms with Gasteiger partial charge >= 0.3 is 0 Å². The van der Waals surface area contributed by atoms with E-state index in [0.29, 0.717) is 19.6 Å². The standard InChI is InChI=1S/C19H19NO2/c1-2-19(21)17-14-20(18-11-7-6-10-16(17)18)12-13-22-15-8-4-3-5-9-15/h3-11,14H,2,12-13H2,1H3. The van der Waals surface area contributed by atoms with Crippen molar-refractivity contribution in [1.82, 2.24) is 4.57 Å². The summed E-state index contributed by atoms with van der Waals surface area (Å²) < 4.78 is 7.85. The summed E-state index contributed by atoms with van der Waals surface area (Å²) >= 11 is 0. The molecule has 3 rings (SSSR count). The van der Waals surface area contributed by atoms with E-state index in [-0.39, 0.29) is 5.78 Å². The van der Waals surface area contributed by atoms with Crippen LogP contribution in [0.5, 0.6) is 5.75 Å². The Labute approximate surface area is 130 Å². The molecule has 22 heavy (non-hydrogen) atoms. The van der Waals surface area contributed by atoms with Gasteiger partial charge in [-0.15, -0.1) is 0 Å². The third-order valence-corrected chi connectivity index (χ3v) is 3.75. The van der Waals surface area contributed by atoms with Gasteiger partial charge in [0, 0.05) is 29.1 Å². The van der Waals surface area contributed by atoms with Gasteiger partial charge in [-0.25, -0.2) is 0 Å². The minimum absolute atomic E-state index is 0.180. The lowest BCUT2D eigenvalue weighted by atomic mass is 10.1. The Bertz CT molecular complexity index is 774. The van der Waals surface area contributed by atoms with Crippen LogP contribution in [0.3, 0.4) is 0 Å². The van der Waals surface area contributed by atoms with Gasteiger partial charge in [0.05, 0.1) is 6.54 Å². The van der Waals surface area contributed by atoms with Crippen LogP contribution in [0.2, 0.25) is 0 Å². The molecule has 0 spiro atoms. The van der Waals surface area contributed by atoms with Gasteiger partial charge in [-0.05, 0) is 18.2 Å². The van der Waals surface area contributed by atoms with Crippen LogP contribution >= 0.6 is 0 Å². The maximum Gasteiger partial charge on any atom is 0.164 e. The highest BCUT2D eigenvalue weighted by atomic mass is 16.5. The molecule has 3 nitrogen and oxygen atoms in total. The van der Waals surface area contributed by atoms with Crippen LogP contribution in [0.15, 0.2) is 60.8 Å². The molecule has 1 heterocycles. The van der Waals surface area contributed by atoms with Crippen LogP contribution in [0.25, 0.3) is 10.9 Å². The predicted octanol–water partition coefficient (Wildman–Crippen LogP) is 4.31. The quantitative estimate of drug-likeness (QED) is 0.634. The van der Waals surface area contributed by atoms with E-state index < -0.39 is 0 Å². The van der Waals surface area contributed by atoms with E-state index in [1.54, 1.807) is 0 Å². The number of Topliss-reactive ketones (excluding diaryl/α,β-unsaturated/α-hetero) is 1. The number of hydrogen-bond acceptors (Lipinski definition) is 2. The average molecular weight is 293 g/mol. The second-order valence-corrected chi connectivity index (χ2v) is 5.19. The molecule has 0 aliphatic heterocycles. The van der Waals surface area contributed by atoms with Crippen molar-refractivity contribution in [2.75, 3.05) is 6.61 Å². The molecule has 0 saturated carbocycles. The van der Waals surface area contributed by atoms with E-state index in [1.165, 1.54) is 0 Å². The molecule has 0 atom stereocenters. The molecule has 0 N–H and O–H groups in total. The lowest BCUT2D eigenvalue weighted by Gasteiger charge is -2.08. The molecule has 3 aromatic rings. The molecule has 0 bridgehead atoms. The Balaban J connectivity index is 1.80. The van der Waals surface area contributed by atoms with Gasteiger partial charge < -0.3 is 9.30 Å². The number of carbonyl (C=O) groups excluding carboxylic acids is 1. The Hall–Kier alpha value is -2.55. The average Bonchev–Trinajstić information content (AvgIpc) is 2.94. The van der Waals surface area contributed by atoms with Gasteiger partial charge in [0.15, 0.2) is 5.78 Å². The Morgan fingerprint density at radius 1 is 1.05 bits per heavy atom. The summed E-state index contributed by atoms with van der Waals surface area (Å²) in [5.41, 5.74) is 1.88. The normalized spacial score (nSPS) is 10.8. The summed E-state index contributed by atoms with van der Waals surface area (Å²) in [5, 5.41) is 1.02. The number of fused-ring (bicyclic) bond motifs is 1. The van der Waals surface area contributed by atoms with Crippen molar-refractivity contribution in [3.8, 4) is 5.75 Å². The maximum atomic E-state index is 12.1. The number of rotatable bonds is 6. The third-order valence-electron chi connectivity index (χ3n) is 3.75. The van der Waals surface area contributed by atoms with E-state index in [1.807, 2.05) is 67.7 Å². The van der Waals surface area contributed by atoms with Gasteiger partial charge in [-0.3, -0.25) is 4.79 Å². The molecule has 112 valence electrons. The van der Waals surface area contributed by atoms with E-state index >= 15 is 0 Å². The van der Waals surface area contributed by atoms with Crippen molar-refractivity contribution in [1.29, 1.82) is 0 Å². The fraction of sp³-hybridized carbons (Fsp3) is 0.211. The molecular formula is C19H19NO2. The lowest BCUT2D eigenvalue weighted by molar-refractivity contribution is 0.0989. The van der Waals surface area contributed by atoms with Crippen molar-refractivity contribution in [2.24, 2.45) is 0 Å². The second kappa shape index (κ2) is 6.48. The molecule has 0 aliphatic rings. The van der Waals surface area contributed by atoms with Gasteiger partial charge in [0.2, 0.25) is 0 Å². The highest BCUT2D eigenvalue weighted by Crippen LogP contribution is 2.22. The first-order valence-electron chi connectivity index (χ1n) is 7.58. The second-order valence-electron chi connectivity index (χ2n) is 5.19. The smallest absolute Gasteiger partial charge is 0.164 e. The van der Waals surface area contributed by atoms with E-state index in [2.05, 4.69) is 4.57 Å². The fourth-order valence-corrected chi connectivity index (χ4v) is 2.62. The topological polar surface area (TPSA) is 31.2 Å². The van der Waals surface area contributed by atoms with E-state index in [0.717, 1.165) is 22.2 Å². The van der Waals surface area contributed by atoms with Gasteiger partial charge in [-0.1, -0.05) is 43.3 Å². The summed E-state index contributed by atoms with van der Waals surface area (Å²) in [6, 6.07) is 17.8. The minimum atomic E-state index is 0.180. The van der Waals surface area contributed by atoms with E-state index in [4.69, 9.17) is 4.74 Å². The third kappa shape index (κ3) is 2.89. The van der Waals surface area contributed by atoms with Crippen LogP contribution < -0.4 is 4.74 Å². The predicted molar refractivity (Wildman–Crippen MR) is 88.5 cm³/mol. The van der Waals surface area contributed by atoms with Crippen LogP contribution in [-0.4, -0.2) is 17.0 Å². The molecule has 0 fully saturated rings. The molecule has 3 heteroatoms. The number of aromatic nitrogens is 1. The van der Waals surface area contributed by atoms with Crippen LogP contribution in [0.1, 0.15) is 23.7 Å². The summed E-state index contributed by atoms with van der Waals surface area (Å²) in [6.07, 6.45) is 2.47. The number of carbonyl (C=O) groups is 1. The first-order chi connectivity index (χ1) is 10.8. The largest absolute Gasteiger partial charge is 0.492 e. The van der Waals surface area contributed by atoms with Gasteiger partial charge in [-0.2, -0.15) is 0 Å². The number of ether oxygens (including phenoxy) is 1. The van der Waals surface area contributed by atoms with Crippen molar-refractivity contribution >= 4 is 16.7 Å². The summed E-state index contributed by atoms with van der Waals surface area (Å²) in [4.78, 5) is 12.1. The molecule has 1 aromatic heterocycles. The zero-order valence-electron chi connectivity index (χ0n) is 12.7. The molecule has 0 unspecified atom stereocenters. The zero-order chi connectivity index (χ0) is 15.4. The molecule has 0 amide bonds. The van der Waals surface area contributed by atoms with Crippen molar-refractivity contribution < 1.29 is 9.53 Å². The minimum Gasteiger partial charge on any atom is -0.492 e. The maximum absolute atomic E-state index is 12.1. The Morgan fingerprint density at radius 2 is 1.77 bits per heavy atom. The highest BCUT2D eigenvalue weighted by Gasteiger charge is 2.13. The summed E-state index contributed by atoms with van der Waals surface area (Å²) in [6.45, 7) is 3.18. The number of benzene rings is 2. The fourth-order valence-electron chi connectivity index (χ4n) is 2.62. The van der Waals surface area contributed by atoms with Crippen LogP contribution in [0, 0.1) is 0 Å². The van der Waals surface area contributed by atoms with E-state index in [9.17, 15) is 4.79 Å². The van der Waals surface area contributed by atoms with Gasteiger partial charge in [0.25, 0.3) is 0 Å². The number of ketones is 1. The van der Waals surface area contributed by atoms with Crippen molar-refractivity contribution in [3.05, 3.63) is 66.4 Å². The van der Waals surface area contributed by atoms with Gasteiger partial charge in [0.1, 0.15) is 12.4 Å². The molecular weight excluding hydrogens is 274 g/mol. The zero-order valence-corrected chi connectivity index (χ0v) is 12.7. The lowest BCUT2D eigenvalue weighted by Crippen LogP contribution is -2.07. The summed E-state index contributed by atoms with van der Waals surface area (Å²) in [5.74, 6) is 1.04. The van der Waals surface area contributed by atoms with Crippen LogP contribution in [-0.2, 0) is 6.54 Å².